The Morgan fingerprint density at radius 3 is 2.82 bits per heavy atom. The van der Waals surface area contributed by atoms with Gasteiger partial charge in [-0.05, 0) is 54.2 Å². The van der Waals surface area contributed by atoms with Crippen molar-refractivity contribution < 1.29 is 14.3 Å². The second-order valence-electron chi connectivity index (χ2n) is 8.85. The average Bonchev–Trinajstić information content (AvgIpc) is 3.28. The zero-order chi connectivity index (χ0) is 24.3. The lowest BCUT2D eigenvalue weighted by molar-refractivity contribution is -0.145. The van der Waals surface area contributed by atoms with Gasteiger partial charge in [0, 0.05) is 32.2 Å². The van der Waals surface area contributed by atoms with Crippen LogP contribution in [0, 0.1) is 0 Å². The third kappa shape index (κ3) is 7.43. The molecule has 0 radical (unpaired) electrons. The van der Waals surface area contributed by atoms with Crippen molar-refractivity contribution in [3.63, 3.8) is 0 Å². The fourth-order valence-corrected chi connectivity index (χ4v) is 5.26. The Hall–Kier alpha value is -2.13. The normalized spacial score (nSPS) is 17.2. The molecule has 0 aliphatic carbocycles. The number of methoxy groups -OCH3 is 1. The van der Waals surface area contributed by atoms with Crippen LogP contribution < -0.4 is 11.1 Å². The Kier molecular flexibility index (Phi) is 10.7. The molecule has 1 fully saturated rings. The number of nitrogens with two attached hydrogens (primary N) is 1. The molecule has 0 bridgehead atoms. The third-order valence-electron chi connectivity index (χ3n) is 6.46. The van der Waals surface area contributed by atoms with Crippen LogP contribution in [-0.4, -0.2) is 85.6 Å². The molecule has 186 valence electrons. The number of hydrogen-bond acceptors (Lipinski definition) is 7. The summed E-state index contributed by atoms with van der Waals surface area (Å²) < 4.78 is 4.91. The maximum Gasteiger partial charge on any atom is 0.328 e. The zero-order valence-electron chi connectivity index (χ0n) is 20.4. The maximum atomic E-state index is 13.1. The monoisotopic (exact) mass is 486 g/mol. The van der Waals surface area contributed by atoms with Gasteiger partial charge in [-0.1, -0.05) is 42.5 Å². The summed E-state index contributed by atoms with van der Waals surface area (Å²) >= 11 is 1.64. The molecule has 2 atom stereocenters. The van der Waals surface area contributed by atoms with E-state index < -0.39 is 12.0 Å². The Bertz CT molecular complexity index is 936. The standard InChI is InChI=1S/C26H38N4O3S/c1-33-26(32)24(12-16-34-2)28-25(31)19-29(18-22-10-6-14-30(22)15-13-27)17-21-9-5-8-20-7-3-4-11-23(20)21/h3-5,7-9,11,22,24H,6,10,12-19,27H2,1-2H3,(H,28,31)/t22-,24?/m0/s1. The van der Waals surface area contributed by atoms with E-state index in [4.69, 9.17) is 10.5 Å². The fourth-order valence-electron chi connectivity index (χ4n) is 4.79. The molecule has 0 spiro atoms. The molecule has 2 aromatic carbocycles. The molecule has 1 unspecified atom stereocenters. The first kappa shape index (κ1) is 26.5. The highest BCUT2D eigenvalue weighted by atomic mass is 32.2. The first-order chi connectivity index (χ1) is 16.5. The minimum absolute atomic E-state index is 0.153. The molecule has 3 rings (SSSR count). The highest BCUT2D eigenvalue weighted by molar-refractivity contribution is 7.98. The van der Waals surface area contributed by atoms with Crippen molar-refractivity contribution in [1.82, 2.24) is 15.1 Å². The summed E-state index contributed by atoms with van der Waals surface area (Å²) in [7, 11) is 1.36. The van der Waals surface area contributed by atoms with Crippen molar-refractivity contribution in [3.05, 3.63) is 48.0 Å². The summed E-state index contributed by atoms with van der Waals surface area (Å²) in [5.74, 6) is 0.226. The lowest BCUT2D eigenvalue weighted by Gasteiger charge is -2.31. The zero-order valence-corrected chi connectivity index (χ0v) is 21.2. The van der Waals surface area contributed by atoms with Crippen LogP contribution in [0.3, 0.4) is 0 Å². The van der Waals surface area contributed by atoms with Gasteiger partial charge in [-0.3, -0.25) is 14.6 Å². The first-order valence-corrected chi connectivity index (χ1v) is 13.4. The Morgan fingerprint density at radius 1 is 1.26 bits per heavy atom. The van der Waals surface area contributed by atoms with Gasteiger partial charge >= 0.3 is 5.97 Å². The molecule has 2 aromatic rings. The van der Waals surface area contributed by atoms with E-state index in [1.54, 1.807) is 11.8 Å². The molecule has 1 heterocycles. The van der Waals surface area contributed by atoms with Crippen LogP contribution in [0.25, 0.3) is 10.8 Å². The number of esters is 1. The van der Waals surface area contributed by atoms with Crippen LogP contribution in [0.1, 0.15) is 24.8 Å². The second kappa shape index (κ2) is 13.7. The van der Waals surface area contributed by atoms with E-state index in [1.165, 1.54) is 23.4 Å². The lowest BCUT2D eigenvalue weighted by Crippen LogP contribution is -2.48. The van der Waals surface area contributed by atoms with E-state index in [9.17, 15) is 9.59 Å². The number of rotatable bonds is 13. The van der Waals surface area contributed by atoms with Crippen LogP contribution in [0.2, 0.25) is 0 Å². The van der Waals surface area contributed by atoms with Gasteiger partial charge in [0.05, 0.1) is 13.7 Å². The van der Waals surface area contributed by atoms with Gasteiger partial charge in [0.25, 0.3) is 0 Å². The van der Waals surface area contributed by atoms with Crippen LogP contribution in [-0.2, 0) is 20.9 Å². The summed E-state index contributed by atoms with van der Waals surface area (Å²) in [6.45, 7) is 4.23. The number of hydrogen-bond donors (Lipinski definition) is 2. The number of benzene rings is 2. The van der Waals surface area contributed by atoms with Gasteiger partial charge in [-0.25, -0.2) is 4.79 Å². The van der Waals surface area contributed by atoms with Gasteiger partial charge in [-0.2, -0.15) is 11.8 Å². The molecule has 0 saturated carbocycles. The van der Waals surface area contributed by atoms with Crippen molar-refractivity contribution in [2.24, 2.45) is 5.73 Å². The number of likely N-dealkylation sites (tertiary alicyclic amines) is 1. The smallest absolute Gasteiger partial charge is 0.328 e. The number of amides is 1. The molecule has 1 aliphatic rings. The number of thioether (sulfide) groups is 1. The lowest BCUT2D eigenvalue weighted by atomic mass is 10.0. The number of fused-ring (bicyclic) bond motifs is 1. The second-order valence-corrected chi connectivity index (χ2v) is 9.84. The summed E-state index contributed by atoms with van der Waals surface area (Å²) in [4.78, 5) is 29.9. The average molecular weight is 487 g/mol. The van der Waals surface area contributed by atoms with Gasteiger partial charge in [-0.15, -0.1) is 0 Å². The predicted octanol–water partition coefficient (Wildman–Crippen LogP) is 2.48. The first-order valence-electron chi connectivity index (χ1n) is 12.0. The van der Waals surface area contributed by atoms with Crippen LogP contribution >= 0.6 is 11.8 Å². The van der Waals surface area contributed by atoms with E-state index in [1.807, 2.05) is 12.3 Å². The molecule has 3 N–H and O–H groups in total. The number of nitrogens with one attached hydrogen (secondary N) is 1. The molecule has 0 aromatic heterocycles. The number of carbonyl (C=O) groups is 2. The summed E-state index contributed by atoms with van der Waals surface area (Å²) in [5, 5.41) is 5.31. The quantitative estimate of drug-likeness (QED) is 0.421. The van der Waals surface area contributed by atoms with Crippen molar-refractivity contribution in [2.45, 2.75) is 37.9 Å². The van der Waals surface area contributed by atoms with Crippen LogP contribution in [0.5, 0.6) is 0 Å². The van der Waals surface area contributed by atoms with E-state index in [-0.39, 0.29) is 12.5 Å². The van der Waals surface area contributed by atoms with Crippen LogP contribution in [0.4, 0.5) is 0 Å². The Labute approximate surface area is 207 Å². The van der Waals surface area contributed by atoms with E-state index in [0.717, 1.165) is 38.2 Å². The van der Waals surface area contributed by atoms with E-state index in [2.05, 4.69) is 51.5 Å². The number of carbonyl (C=O) groups excluding carboxylic acids is 2. The third-order valence-corrected chi connectivity index (χ3v) is 7.10. The van der Waals surface area contributed by atoms with Crippen LogP contribution in [0.15, 0.2) is 42.5 Å². The summed E-state index contributed by atoms with van der Waals surface area (Å²) in [5.41, 5.74) is 7.03. The molecule has 7 nitrogen and oxygen atoms in total. The van der Waals surface area contributed by atoms with Gasteiger partial charge in [0.2, 0.25) is 5.91 Å². The Morgan fingerprint density at radius 2 is 2.06 bits per heavy atom. The predicted molar refractivity (Wildman–Crippen MR) is 140 cm³/mol. The highest BCUT2D eigenvalue weighted by Crippen LogP contribution is 2.22. The SMILES string of the molecule is COC(=O)C(CCSC)NC(=O)CN(Cc1cccc2ccccc12)C[C@@H]1CCCN1CCN. The number of ether oxygens (including phenoxy) is 1. The van der Waals surface area contributed by atoms with Gasteiger partial charge in [0.15, 0.2) is 0 Å². The van der Waals surface area contributed by atoms with E-state index in [0.29, 0.717) is 25.6 Å². The number of nitrogens with zero attached hydrogens (tertiary/aromatic N) is 2. The molecular weight excluding hydrogens is 448 g/mol. The molecule has 8 heteroatoms. The highest BCUT2D eigenvalue weighted by Gasteiger charge is 2.28. The van der Waals surface area contributed by atoms with Crippen molar-refractivity contribution in [1.29, 1.82) is 0 Å². The van der Waals surface area contributed by atoms with Crippen molar-refractivity contribution in [2.75, 3.05) is 51.8 Å². The molecular formula is C26H38N4O3S. The van der Waals surface area contributed by atoms with E-state index >= 15 is 0 Å². The minimum Gasteiger partial charge on any atom is -0.467 e. The van der Waals surface area contributed by atoms with Gasteiger partial charge < -0.3 is 15.8 Å². The topological polar surface area (TPSA) is 87.9 Å². The minimum atomic E-state index is -0.621. The van der Waals surface area contributed by atoms with Crippen molar-refractivity contribution in [3.8, 4) is 0 Å². The Balaban J connectivity index is 1.76. The van der Waals surface area contributed by atoms with Crippen molar-refractivity contribution >= 4 is 34.4 Å². The summed E-state index contributed by atoms with van der Waals surface area (Å²) in [6.07, 6.45) is 4.79. The fraction of sp³-hybridized carbons (Fsp3) is 0.538. The molecule has 1 aliphatic heterocycles. The van der Waals surface area contributed by atoms with Gasteiger partial charge in [0.1, 0.15) is 6.04 Å². The molecule has 1 saturated heterocycles. The summed E-state index contributed by atoms with van der Waals surface area (Å²) in [6, 6.07) is 14.4. The maximum absolute atomic E-state index is 13.1. The largest absolute Gasteiger partial charge is 0.467 e. The molecule has 34 heavy (non-hydrogen) atoms. The molecule has 1 amide bonds.